The fourth-order valence-electron chi connectivity index (χ4n) is 2.03. The third-order valence-corrected chi connectivity index (χ3v) is 2.99. The Morgan fingerprint density at radius 1 is 1.39 bits per heavy atom. The predicted octanol–water partition coefficient (Wildman–Crippen LogP) is 1.21. The molecule has 1 aromatic rings. The van der Waals surface area contributed by atoms with E-state index < -0.39 is 0 Å². The number of aliphatic hydroxyl groups excluding tert-OH is 1. The number of aliphatic hydroxyl groups is 1. The maximum Gasteiger partial charge on any atom is 0.253 e. The lowest BCUT2D eigenvalue weighted by molar-refractivity contribution is -0.141. The third-order valence-electron chi connectivity index (χ3n) is 2.99. The van der Waals surface area contributed by atoms with Crippen LogP contribution in [0.3, 0.4) is 0 Å². The first kappa shape index (κ1) is 12.5. The summed E-state index contributed by atoms with van der Waals surface area (Å²) in [5, 5.41) is 9.12. The van der Waals surface area contributed by atoms with Gasteiger partial charge in [0.25, 0.3) is 5.91 Å². The van der Waals surface area contributed by atoms with Gasteiger partial charge in [-0.15, -0.1) is 0 Å². The fourth-order valence-corrected chi connectivity index (χ4v) is 2.03. The second-order valence-electron chi connectivity index (χ2n) is 4.22. The van der Waals surface area contributed by atoms with Crippen molar-refractivity contribution >= 4 is 17.9 Å². The van der Waals surface area contributed by atoms with Crippen LogP contribution in [-0.4, -0.2) is 34.5 Å². The van der Waals surface area contributed by atoms with Gasteiger partial charge >= 0.3 is 0 Å². The molecule has 4 nitrogen and oxygen atoms in total. The Bertz CT molecular complexity index is 467. The van der Waals surface area contributed by atoms with Crippen molar-refractivity contribution in [1.82, 2.24) is 4.90 Å². The van der Waals surface area contributed by atoms with Crippen LogP contribution < -0.4 is 0 Å². The van der Waals surface area contributed by atoms with Crippen molar-refractivity contribution in [2.45, 2.75) is 18.9 Å². The summed E-state index contributed by atoms with van der Waals surface area (Å²) in [5.74, 6) is -0.572. The molecule has 0 saturated carbocycles. The topological polar surface area (TPSA) is 57.6 Å². The molecule has 0 aliphatic carbocycles. The van der Waals surface area contributed by atoms with Crippen LogP contribution in [0.4, 0.5) is 0 Å². The van der Waals surface area contributed by atoms with E-state index in [0.717, 1.165) is 10.5 Å². The molecule has 94 valence electrons. The van der Waals surface area contributed by atoms with Crippen molar-refractivity contribution in [1.29, 1.82) is 0 Å². The van der Waals surface area contributed by atoms with Crippen LogP contribution in [0.2, 0.25) is 0 Å². The van der Waals surface area contributed by atoms with Gasteiger partial charge in [-0.25, -0.2) is 0 Å². The summed E-state index contributed by atoms with van der Waals surface area (Å²) in [7, 11) is 0. The minimum atomic E-state index is -0.370. The number of benzene rings is 1. The molecule has 0 aromatic heterocycles. The van der Waals surface area contributed by atoms with Gasteiger partial charge in [0.05, 0.1) is 12.6 Å². The van der Waals surface area contributed by atoms with Crippen LogP contribution in [-0.2, 0) is 9.59 Å². The highest BCUT2D eigenvalue weighted by Crippen LogP contribution is 2.18. The average molecular weight is 245 g/mol. The van der Waals surface area contributed by atoms with Crippen LogP contribution in [0.5, 0.6) is 0 Å². The van der Waals surface area contributed by atoms with Gasteiger partial charge in [-0.3, -0.25) is 14.5 Å². The number of hydrogen-bond acceptors (Lipinski definition) is 3. The Morgan fingerprint density at radius 3 is 2.78 bits per heavy atom. The molecule has 0 radical (unpaired) electrons. The average Bonchev–Trinajstić information content (AvgIpc) is 2.78. The zero-order valence-electron chi connectivity index (χ0n) is 9.95. The lowest BCUT2D eigenvalue weighted by Gasteiger charge is -2.19. The third kappa shape index (κ3) is 2.65. The number of nitrogens with zero attached hydrogens (tertiary/aromatic N) is 1. The second kappa shape index (κ2) is 5.60. The normalized spacial score (nSPS) is 19.7. The first-order valence-electron chi connectivity index (χ1n) is 5.92. The van der Waals surface area contributed by atoms with Gasteiger partial charge in [-0.1, -0.05) is 30.3 Å². The van der Waals surface area contributed by atoms with Gasteiger partial charge in [-0.2, -0.15) is 0 Å². The number of carbonyl (C=O) groups is 2. The molecule has 0 spiro atoms. The first-order chi connectivity index (χ1) is 8.72. The van der Waals surface area contributed by atoms with Crippen molar-refractivity contribution in [3.05, 3.63) is 42.0 Å². The number of likely N-dealkylation sites (tertiary alicyclic amines) is 1. The lowest BCUT2D eigenvalue weighted by Crippen LogP contribution is -2.39. The molecule has 1 atom stereocenters. The van der Waals surface area contributed by atoms with Crippen molar-refractivity contribution in [3.8, 4) is 0 Å². The Balaban J connectivity index is 2.08. The highest BCUT2D eigenvalue weighted by molar-refractivity contribution is 6.04. The number of rotatable bonds is 3. The molecule has 2 amide bonds. The van der Waals surface area contributed by atoms with Gasteiger partial charge in [0.2, 0.25) is 5.91 Å². The van der Waals surface area contributed by atoms with Crippen molar-refractivity contribution in [3.63, 3.8) is 0 Å². The predicted molar refractivity (Wildman–Crippen MR) is 67.4 cm³/mol. The summed E-state index contributed by atoms with van der Waals surface area (Å²) < 4.78 is 0. The molecule has 0 bridgehead atoms. The van der Waals surface area contributed by atoms with E-state index in [2.05, 4.69) is 0 Å². The van der Waals surface area contributed by atoms with E-state index in [1.165, 1.54) is 6.08 Å². The number of hydrogen-bond donors (Lipinski definition) is 1. The largest absolute Gasteiger partial charge is 0.394 e. The molecule has 1 saturated heterocycles. The zero-order valence-corrected chi connectivity index (χ0v) is 9.95. The molecule has 2 rings (SSSR count). The number of carbonyl (C=O) groups excluding carboxylic acids is 2. The SMILES string of the molecule is O=C(/C=C/c1ccccc1)N1C(=O)CC[C@H]1CO. The Kier molecular flexibility index (Phi) is 3.89. The second-order valence-corrected chi connectivity index (χ2v) is 4.22. The smallest absolute Gasteiger partial charge is 0.253 e. The van der Waals surface area contributed by atoms with E-state index in [9.17, 15) is 9.59 Å². The van der Waals surface area contributed by atoms with E-state index >= 15 is 0 Å². The molecular weight excluding hydrogens is 230 g/mol. The molecule has 1 N–H and O–H groups in total. The summed E-state index contributed by atoms with van der Waals surface area (Å²) in [6.07, 6.45) is 3.92. The highest BCUT2D eigenvalue weighted by Gasteiger charge is 2.33. The van der Waals surface area contributed by atoms with Gasteiger partial charge < -0.3 is 5.11 Å². The first-order valence-corrected chi connectivity index (χ1v) is 5.92. The van der Waals surface area contributed by atoms with Crippen LogP contribution in [0.1, 0.15) is 18.4 Å². The van der Waals surface area contributed by atoms with Crippen molar-refractivity contribution in [2.24, 2.45) is 0 Å². The summed E-state index contributed by atoms with van der Waals surface area (Å²) in [6, 6.07) is 9.03. The summed E-state index contributed by atoms with van der Waals surface area (Å²) in [5.41, 5.74) is 0.901. The zero-order chi connectivity index (χ0) is 13.0. The minimum absolute atomic E-state index is 0.170. The van der Waals surface area contributed by atoms with Crippen LogP contribution in [0.25, 0.3) is 6.08 Å². The molecule has 1 heterocycles. The van der Waals surface area contributed by atoms with Crippen molar-refractivity contribution < 1.29 is 14.7 Å². The number of amides is 2. The summed E-state index contributed by atoms with van der Waals surface area (Å²) in [4.78, 5) is 24.6. The Morgan fingerprint density at radius 2 is 2.11 bits per heavy atom. The molecule has 18 heavy (non-hydrogen) atoms. The Labute approximate surface area is 106 Å². The van der Waals surface area contributed by atoms with Crippen LogP contribution >= 0.6 is 0 Å². The maximum atomic E-state index is 11.9. The molecule has 1 aromatic carbocycles. The molecular formula is C14H15NO3. The van der Waals surface area contributed by atoms with Crippen molar-refractivity contribution in [2.75, 3.05) is 6.61 Å². The van der Waals surface area contributed by atoms with Gasteiger partial charge in [0.1, 0.15) is 0 Å². The molecule has 1 fully saturated rings. The maximum absolute atomic E-state index is 11.9. The van der Waals surface area contributed by atoms with E-state index in [0.29, 0.717) is 12.8 Å². The van der Waals surface area contributed by atoms with E-state index in [-0.39, 0.29) is 24.5 Å². The quantitative estimate of drug-likeness (QED) is 0.814. The molecule has 0 unspecified atom stereocenters. The monoisotopic (exact) mass is 245 g/mol. The summed E-state index contributed by atoms with van der Waals surface area (Å²) in [6.45, 7) is -0.170. The molecule has 1 aliphatic rings. The van der Waals surface area contributed by atoms with Crippen LogP contribution in [0, 0.1) is 0 Å². The minimum Gasteiger partial charge on any atom is -0.394 e. The van der Waals surface area contributed by atoms with Crippen LogP contribution in [0.15, 0.2) is 36.4 Å². The standard InChI is InChI=1S/C14H15NO3/c16-10-12-7-9-14(18)15(12)13(17)8-6-11-4-2-1-3-5-11/h1-6,8,12,16H,7,9-10H2/b8-6+/t12-/m0/s1. The molecule has 4 heteroatoms. The van der Waals surface area contributed by atoms with E-state index in [1.54, 1.807) is 6.08 Å². The summed E-state index contributed by atoms with van der Waals surface area (Å²) >= 11 is 0. The Hall–Kier alpha value is -1.94. The lowest BCUT2D eigenvalue weighted by atomic mass is 10.2. The van der Waals surface area contributed by atoms with Gasteiger partial charge in [0.15, 0.2) is 0 Å². The fraction of sp³-hybridized carbons (Fsp3) is 0.286. The van der Waals surface area contributed by atoms with E-state index in [4.69, 9.17) is 5.11 Å². The van der Waals surface area contributed by atoms with Gasteiger partial charge in [-0.05, 0) is 18.1 Å². The van der Waals surface area contributed by atoms with E-state index in [1.807, 2.05) is 30.3 Å². The van der Waals surface area contributed by atoms with Gasteiger partial charge in [0, 0.05) is 12.5 Å². The highest BCUT2D eigenvalue weighted by atomic mass is 16.3. The number of imide groups is 1. The molecule has 1 aliphatic heterocycles.